The lowest BCUT2D eigenvalue weighted by Crippen LogP contribution is -2.44. The third-order valence-electron chi connectivity index (χ3n) is 2.17. The van der Waals surface area contributed by atoms with E-state index in [2.05, 4.69) is 22.4 Å². The molecule has 1 rings (SSSR count). The summed E-state index contributed by atoms with van der Waals surface area (Å²) in [5.41, 5.74) is 7.04. The van der Waals surface area contributed by atoms with Gasteiger partial charge in [-0.05, 0) is 26.1 Å². The Labute approximate surface area is 115 Å². The Balaban J connectivity index is 3.33. The van der Waals surface area contributed by atoms with E-state index in [9.17, 15) is 13.2 Å². The molecule has 0 saturated heterocycles. The Kier molecular flexibility index (Phi) is 4.50. The molecule has 0 unspecified atom stereocenters. The number of ether oxygens (including phenoxy) is 1. The van der Waals surface area contributed by atoms with E-state index in [1.54, 1.807) is 0 Å². The van der Waals surface area contributed by atoms with Crippen molar-refractivity contribution in [2.75, 3.05) is 7.11 Å². The molecular weight excluding hydrogens is 294 g/mol. The normalized spacial score (nSPS) is 11.1. The van der Waals surface area contributed by atoms with E-state index in [-0.39, 0.29) is 27.1 Å². The van der Waals surface area contributed by atoms with Crippen LogP contribution in [0.15, 0.2) is 9.31 Å². The molecule has 0 atom stereocenters. The van der Waals surface area contributed by atoms with E-state index in [1.165, 1.54) is 13.8 Å². The number of nitrogens with one attached hydrogen (secondary N) is 2. The highest BCUT2D eigenvalue weighted by Gasteiger charge is 2.31. The summed E-state index contributed by atoms with van der Waals surface area (Å²) in [6.07, 6.45) is 0. The Morgan fingerprint density at radius 2 is 1.95 bits per heavy atom. The molecule has 0 aliphatic carbocycles. The molecule has 4 N–H and O–H groups in total. The van der Waals surface area contributed by atoms with Gasteiger partial charge in [0.05, 0.1) is 7.11 Å². The van der Waals surface area contributed by atoms with E-state index in [1.807, 2.05) is 4.83 Å². The lowest BCUT2D eigenvalue weighted by atomic mass is 10.2. The molecule has 1 aromatic rings. The standard InChI is InChI=1S/C9H13N3O5S2/c1-4-6(8(13)16-3)7(5(2)17-4)19(14,15)12-11-9(10)18/h12H,1-3H3,(H3,10,11,18). The number of nitrogens with two attached hydrogens (primary N) is 1. The van der Waals surface area contributed by atoms with Crippen molar-refractivity contribution >= 4 is 33.3 Å². The van der Waals surface area contributed by atoms with Crippen molar-refractivity contribution in [3.8, 4) is 0 Å². The molecule has 0 saturated carbocycles. The number of furan rings is 1. The maximum Gasteiger partial charge on any atom is 0.342 e. The summed E-state index contributed by atoms with van der Waals surface area (Å²) in [7, 11) is -2.93. The number of hydrogen-bond donors (Lipinski definition) is 3. The summed E-state index contributed by atoms with van der Waals surface area (Å²) in [6.45, 7) is 2.87. The minimum atomic E-state index is -4.07. The predicted molar refractivity (Wildman–Crippen MR) is 69.8 cm³/mol. The minimum Gasteiger partial charge on any atom is -0.465 e. The number of aryl methyl sites for hydroxylation is 2. The van der Waals surface area contributed by atoms with Crippen LogP contribution in [0.1, 0.15) is 21.9 Å². The van der Waals surface area contributed by atoms with Crippen LogP contribution in [-0.2, 0) is 14.8 Å². The molecule has 10 heteroatoms. The highest BCUT2D eigenvalue weighted by Crippen LogP contribution is 2.26. The fraction of sp³-hybridized carbons (Fsp3) is 0.333. The van der Waals surface area contributed by atoms with E-state index < -0.39 is 16.0 Å². The van der Waals surface area contributed by atoms with Gasteiger partial charge in [0.25, 0.3) is 10.0 Å². The van der Waals surface area contributed by atoms with E-state index >= 15 is 0 Å². The molecule has 1 aromatic heterocycles. The fourth-order valence-electron chi connectivity index (χ4n) is 1.49. The van der Waals surface area contributed by atoms with Crippen molar-refractivity contribution in [2.45, 2.75) is 18.7 Å². The number of carbonyl (C=O) groups is 1. The van der Waals surface area contributed by atoms with Gasteiger partial charge >= 0.3 is 5.97 Å². The zero-order chi connectivity index (χ0) is 14.8. The van der Waals surface area contributed by atoms with Gasteiger partial charge in [0, 0.05) is 0 Å². The van der Waals surface area contributed by atoms with Gasteiger partial charge in [0.1, 0.15) is 22.0 Å². The van der Waals surface area contributed by atoms with Crippen molar-refractivity contribution in [2.24, 2.45) is 5.73 Å². The molecule has 0 aliphatic heterocycles. The maximum absolute atomic E-state index is 12.1. The zero-order valence-electron chi connectivity index (χ0n) is 10.4. The van der Waals surface area contributed by atoms with Crippen LogP contribution < -0.4 is 16.0 Å². The van der Waals surface area contributed by atoms with Gasteiger partial charge in [-0.3, -0.25) is 5.43 Å². The molecule has 0 aromatic carbocycles. The predicted octanol–water partition coefficient (Wildman–Crippen LogP) is -0.290. The molecule has 0 bridgehead atoms. The molecule has 106 valence electrons. The summed E-state index contributed by atoms with van der Waals surface area (Å²) in [5.74, 6) is -0.625. The van der Waals surface area contributed by atoms with Crippen molar-refractivity contribution in [1.82, 2.24) is 10.3 Å². The van der Waals surface area contributed by atoms with E-state index in [0.717, 1.165) is 7.11 Å². The first-order valence-corrected chi connectivity index (χ1v) is 6.85. The Bertz CT molecular complexity index is 620. The van der Waals surface area contributed by atoms with Crippen LogP contribution >= 0.6 is 12.2 Å². The van der Waals surface area contributed by atoms with Gasteiger partial charge < -0.3 is 14.9 Å². The molecule has 0 radical (unpaired) electrons. The Morgan fingerprint density at radius 1 is 1.37 bits per heavy atom. The summed E-state index contributed by atoms with van der Waals surface area (Å²) in [6, 6.07) is 0. The number of hydrazine groups is 1. The third kappa shape index (κ3) is 3.22. The Hall–Kier alpha value is -1.65. The van der Waals surface area contributed by atoms with Crippen LogP contribution in [0.2, 0.25) is 0 Å². The number of rotatable bonds is 4. The zero-order valence-corrected chi connectivity index (χ0v) is 12.1. The molecule has 19 heavy (non-hydrogen) atoms. The maximum atomic E-state index is 12.1. The SMILES string of the molecule is COC(=O)c1c(C)oc(C)c1S(=O)(=O)NNC(N)=S. The topological polar surface area (TPSA) is 124 Å². The molecule has 0 aliphatic rings. The first kappa shape index (κ1) is 15.4. The van der Waals surface area contributed by atoms with Gasteiger partial charge in [-0.25, -0.2) is 13.2 Å². The first-order valence-electron chi connectivity index (χ1n) is 4.96. The van der Waals surface area contributed by atoms with Crippen LogP contribution in [0, 0.1) is 13.8 Å². The smallest absolute Gasteiger partial charge is 0.342 e. The van der Waals surface area contributed by atoms with Crippen LogP contribution in [-0.4, -0.2) is 26.6 Å². The van der Waals surface area contributed by atoms with Crippen LogP contribution in [0.25, 0.3) is 0 Å². The lowest BCUT2D eigenvalue weighted by molar-refractivity contribution is 0.0595. The van der Waals surface area contributed by atoms with Gasteiger partial charge in [-0.1, -0.05) is 0 Å². The molecule has 8 nitrogen and oxygen atoms in total. The second-order valence-electron chi connectivity index (χ2n) is 3.50. The van der Waals surface area contributed by atoms with Crippen LogP contribution in [0.5, 0.6) is 0 Å². The van der Waals surface area contributed by atoms with E-state index in [4.69, 9.17) is 10.2 Å². The van der Waals surface area contributed by atoms with Gasteiger partial charge in [0.15, 0.2) is 5.11 Å². The average Bonchev–Trinajstić information content (AvgIpc) is 2.61. The highest BCUT2D eigenvalue weighted by molar-refractivity contribution is 7.89. The average molecular weight is 307 g/mol. The largest absolute Gasteiger partial charge is 0.465 e. The summed E-state index contributed by atoms with van der Waals surface area (Å²) in [5, 5.41) is -0.263. The molecule has 0 spiro atoms. The Morgan fingerprint density at radius 3 is 2.42 bits per heavy atom. The second-order valence-corrected chi connectivity index (χ2v) is 5.56. The van der Waals surface area contributed by atoms with Crippen molar-refractivity contribution in [3.63, 3.8) is 0 Å². The number of methoxy groups -OCH3 is 1. The van der Waals surface area contributed by atoms with Gasteiger partial charge in [-0.15, -0.1) is 4.83 Å². The van der Waals surface area contributed by atoms with Crippen LogP contribution in [0.3, 0.4) is 0 Å². The van der Waals surface area contributed by atoms with E-state index in [0.29, 0.717) is 0 Å². The number of carbonyl (C=O) groups excluding carboxylic acids is 1. The highest BCUT2D eigenvalue weighted by atomic mass is 32.2. The number of sulfonamides is 1. The summed E-state index contributed by atoms with van der Waals surface area (Å²) in [4.78, 5) is 13.2. The molecule has 0 fully saturated rings. The molecule has 1 heterocycles. The quantitative estimate of drug-likeness (QED) is 0.394. The fourth-order valence-corrected chi connectivity index (χ4v) is 2.87. The number of esters is 1. The summed E-state index contributed by atoms with van der Waals surface area (Å²) >= 11 is 4.48. The first-order chi connectivity index (χ1) is 8.70. The van der Waals surface area contributed by atoms with Crippen molar-refractivity contribution in [3.05, 3.63) is 17.1 Å². The second kappa shape index (κ2) is 5.55. The van der Waals surface area contributed by atoms with Crippen molar-refractivity contribution in [1.29, 1.82) is 0 Å². The molecular formula is C9H13N3O5S2. The minimum absolute atomic E-state index is 0.0511. The lowest BCUT2D eigenvalue weighted by Gasteiger charge is -2.08. The molecule has 0 amide bonds. The third-order valence-corrected chi connectivity index (χ3v) is 3.67. The summed E-state index contributed by atoms with van der Waals surface area (Å²) < 4.78 is 33.8. The van der Waals surface area contributed by atoms with Crippen LogP contribution in [0.4, 0.5) is 0 Å². The van der Waals surface area contributed by atoms with Gasteiger partial charge in [-0.2, -0.15) is 0 Å². The number of hydrogen-bond acceptors (Lipinski definition) is 6. The van der Waals surface area contributed by atoms with Gasteiger partial charge in [0.2, 0.25) is 0 Å². The number of thiocarbonyl (C=S) groups is 1. The van der Waals surface area contributed by atoms with Crippen molar-refractivity contribution < 1.29 is 22.4 Å². The monoisotopic (exact) mass is 307 g/mol.